The summed E-state index contributed by atoms with van der Waals surface area (Å²) >= 11 is 0. The highest BCUT2D eigenvalue weighted by Crippen LogP contribution is 2.43. The van der Waals surface area contributed by atoms with Gasteiger partial charge < -0.3 is 9.38 Å². The van der Waals surface area contributed by atoms with Crippen molar-refractivity contribution in [3.05, 3.63) is 12.2 Å². The number of allylic oxidation sites excluding steroid dienone is 2. The van der Waals surface area contributed by atoms with E-state index >= 15 is 0 Å². The summed E-state index contributed by atoms with van der Waals surface area (Å²) in [6, 6.07) is 0. The quantitative estimate of drug-likeness (QED) is 0.0927. The van der Waals surface area contributed by atoms with Crippen molar-refractivity contribution in [3.8, 4) is 0 Å². The largest absolute Gasteiger partial charge is 0.472 e. The fourth-order valence-corrected chi connectivity index (χ4v) is 3.74. The molecule has 0 saturated heterocycles. The van der Waals surface area contributed by atoms with Crippen LogP contribution in [0, 0.1) is 0 Å². The van der Waals surface area contributed by atoms with E-state index in [1.165, 1.54) is 70.6 Å². The number of hydrogen-bond donors (Lipinski definition) is 1. The summed E-state index contributed by atoms with van der Waals surface area (Å²) in [5, 5.41) is 0. The van der Waals surface area contributed by atoms with Gasteiger partial charge in [0.05, 0.1) is 27.7 Å². The van der Waals surface area contributed by atoms with Crippen molar-refractivity contribution in [2.45, 2.75) is 96.8 Å². The highest BCUT2D eigenvalue weighted by molar-refractivity contribution is 7.47. The van der Waals surface area contributed by atoms with Crippen LogP contribution in [-0.4, -0.2) is 50.3 Å². The molecule has 0 amide bonds. The van der Waals surface area contributed by atoms with Crippen LogP contribution in [0.1, 0.15) is 96.8 Å². The van der Waals surface area contributed by atoms with Gasteiger partial charge in [-0.05, 0) is 32.1 Å². The first-order valence-electron chi connectivity index (χ1n) is 11.8. The van der Waals surface area contributed by atoms with E-state index in [4.69, 9.17) is 9.05 Å². The highest BCUT2D eigenvalue weighted by atomic mass is 31.2. The summed E-state index contributed by atoms with van der Waals surface area (Å²) in [6.07, 6.45) is 22.1. The van der Waals surface area contributed by atoms with E-state index in [0.29, 0.717) is 17.6 Å². The number of quaternary nitrogens is 1. The van der Waals surface area contributed by atoms with Crippen LogP contribution in [-0.2, 0) is 13.6 Å². The number of nitrogens with zero attached hydrogens (tertiary/aromatic N) is 1. The molecule has 1 atom stereocenters. The summed E-state index contributed by atoms with van der Waals surface area (Å²) in [7, 11) is 2.15. The predicted octanol–water partition coefficient (Wildman–Crippen LogP) is 6.86. The molecule has 0 aliphatic rings. The van der Waals surface area contributed by atoms with Crippen LogP contribution < -0.4 is 0 Å². The summed E-state index contributed by atoms with van der Waals surface area (Å²) in [6.45, 7) is 3.45. The molecule has 0 spiro atoms. The van der Waals surface area contributed by atoms with Crippen LogP contribution in [0.15, 0.2) is 12.2 Å². The third kappa shape index (κ3) is 24.0. The fourth-order valence-electron chi connectivity index (χ4n) is 3.00. The molecule has 1 unspecified atom stereocenters. The van der Waals surface area contributed by atoms with E-state index in [1.54, 1.807) is 0 Å². The molecule has 0 aliphatic carbocycles. The molecule has 174 valence electrons. The lowest BCUT2D eigenvalue weighted by molar-refractivity contribution is -0.870. The normalized spacial score (nSPS) is 14.5. The number of phosphoric acid groups is 1. The van der Waals surface area contributed by atoms with Crippen LogP contribution in [0.5, 0.6) is 0 Å². The first-order valence-corrected chi connectivity index (χ1v) is 13.3. The van der Waals surface area contributed by atoms with Crippen LogP contribution in [0.2, 0.25) is 0 Å². The number of rotatable bonds is 21. The van der Waals surface area contributed by atoms with Gasteiger partial charge in [0.2, 0.25) is 0 Å². The van der Waals surface area contributed by atoms with Crippen molar-refractivity contribution in [3.63, 3.8) is 0 Å². The van der Waals surface area contributed by atoms with Crippen molar-refractivity contribution >= 4 is 7.82 Å². The first kappa shape index (κ1) is 28.8. The zero-order chi connectivity index (χ0) is 21.8. The maximum atomic E-state index is 11.8. The number of unbranched alkanes of at least 4 members (excludes halogenated alkanes) is 12. The molecule has 0 saturated carbocycles. The molecule has 0 fully saturated rings. The van der Waals surface area contributed by atoms with Crippen molar-refractivity contribution < 1.29 is 23.0 Å². The van der Waals surface area contributed by atoms with Crippen molar-refractivity contribution in [2.24, 2.45) is 0 Å². The van der Waals surface area contributed by atoms with E-state index in [9.17, 15) is 9.46 Å². The third-order valence-corrected chi connectivity index (χ3v) is 5.94. The standard InChI is InChI=1S/C23H48NO4P/c1-5-6-7-8-9-10-11-12-13-14-15-16-17-18-19-20-22-27-29(25,26)28-23-21-24(2,3)4/h12-13H,5-11,14-23H2,1-4H3/p+1/b13-12+. The lowest BCUT2D eigenvalue weighted by Crippen LogP contribution is -2.37. The first-order chi connectivity index (χ1) is 13.8. The third-order valence-electron chi connectivity index (χ3n) is 4.93. The average Bonchev–Trinajstić information content (AvgIpc) is 2.63. The van der Waals surface area contributed by atoms with E-state index in [1.807, 2.05) is 21.1 Å². The molecule has 5 nitrogen and oxygen atoms in total. The second-order valence-electron chi connectivity index (χ2n) is 9.09. The Hall–Kier alpha value is -0.190. The van der Waals surface area contributed by atoms with Gasteiger partial charge in [-0.2, -0.15) is 0 Å². The molecule has 0 rings (SSSR count). The van der Waals surface area contributed by atoms with E-state index in [-0.39, 0.29) is 6.61 Å². The Kier molecular flexibility index (Phi) is 18.4. The molecule has 1 N–H and O–H groups in total. The monoisotopic (exact) mass is 434 g/mol. The van der Waals surface area contributed by atoms with Gasteiger partial charge in [0.25, 0.3) is 0 Å². The second kappa shape index (κ2) is 18.6. The summed E-state index contributed by atoms with van der Waals surface area (Å²) in [5.74, 6) is 0. The van der Waals surface area contributed by atoms with Crippen LogP contribution in [0.25, 0.3) is 0 Å². The van der Waals surface area contributed by atoms with E-state index in [0.717, 1.165) is 19.3 Å². The molecule has 0 heterocycles. The highest BCUT2D eigenvalue weighted by Gasteiger charge is 2.21. The minimum absolute atomic E-state index is 0.227. The fraction of sp³-hybridized carbons (Fsp3) is 0.913. The van der Waals surface area contributed by atoms with Crippen LogP contribution >= 0.6 is 7.82 Å². The van der Waals surface area contributed by atoms with Crippen molar-refractivity contribution in [1.82, 2.24) is 0 Å². The smallest absolute Gasteiger partial charge is 0.329 e. The van der Waals surface area contributed by atoms with Gasteiger partial charge >= 0.3 is 7.82 Å². The van der Waals surface area contributed by atoms with Gasteiger partial charge in [-0.1, -0.05) is 76.9 Å². The summed E-state index contributed by atoms with van der Waals surface area (Å²) in [5.41, 5.74) is 0. The minimum Gasteiger partial charge on any atom is -0.329 e. The zero-order valence-corrected chi connectivity index (χ0v) is 20.6. The topological polar surface area (TPSA) is 55.8 Å². The Bertz CT molecular complexity index is 435. The Morgan fingerprint density at radius 1 is 0.724 bits per heavy atom. The molecular formula is C23H49NO4P+. The molecule has 0 aromatic carbocycles. The van der Waals surface area contributed by atoms with Crippen molar-refractivity contribution in [1.29, 1.82) is 0 Å². The predicted molar refractivity (Wildman–Crippen MR) is 124 cm³/mol. The number of hydrogen-bond acceptors (Lipinski definition) is 3. The Morgan fingerprint density at radius 2 is 1.17 bits per heavy atom. The van der Waals surface area contributed by atoms with Gasteiger partial charge in [-0.15, -0.1) is 0 Å². The molecule has 0 bridgehead atoms. The summed E-state index contributed by atoms with van der Waals surface area (Å²) < 4.78 is 22.5. The van der Waals surface area contributed by atoms with Gasteiger partial charge in [0.1, 0.15) is 13.2 Å². The van der Waals surface area contributed by atoms with Gasteiger partial charge in [0.15, 0.2) is 0 Å². The summed E-state index contributed by atoms with van der Waals surface area (Å²) in [4.78, 5) is 9.63. The van der Waals surface area contributed by atoms with Gasteiger partial charge in [0, 0.05) is 0 Å². The van der Waals surface area contributed by atoms with Crippen LogP contribution in [0.4, 0.5) is 0 Å². The molecule has 0 aromatic heterocycles. The lowest BCUT2D eigenvalue weighted by atomic mass is 10.1. The zero-order valence-electron chi connectivity index (χ0n) is 19.7. The maximum absolute atomic E-state index is 11.8. The molecular weight excluding hydrogens is 385 g/mol. The maximum Gasteiger partial charge on any atom is 0.472 e. The molecule has 6 heteroatoms. The molecule has 0 radical (unpaired) electrons. The SMILES string of the molecule is CCCCCCCC/C=C/CCCCCCCCOP(=O)(O)OCC[N+](C)(C)C. The molecule has 0 aromatic rings. The van der Waals surface area contributed by atoms with E-state index in [2.05, 4.69) is 19.1 Å². The average molecular weight is 435 g/mol. The van der Waals surface area contributed by atoms with Gasteiger partial charge in [-0.3, -0.25) is 9.05 Å². The van der Waals surface area contributed by atoms with Crippen LogP contribution in [0.3, 0.4) is 0 Å². The van der Waals surface area contributed by atoms with E-state index < -0.39 is 7.82 Å². The lowest BCUT2D eigenvalue weighted by Gasteiger charge is -2.24. The van der Waals surface area contributed by atoms with Crippen molar-refractivity contribution in [2.75, 3.05) is 40.9 Å². The minimum atomic E-state index is -3.89. The van der Waals surface area contributed by atoms with Gasteiger partial charge in [-0.25, -0.2) is 4.57 Å². The second-order valence-corrected chi connectivity index (χ2v) is 10.5. The Balaban J connectivity index is 3.36. The Morgan fingerprint density at radius 3 is 1.69 bits per heavy atom. The molecule has 29 heavy (non-hydrogen) atoms. The number of phosphoric ester groups is 1. The molecule has 0 aliphatic heterocycles. The number of likely N-dealkylation sites (N-methyl/N-ethyl adjacent to an activating group) is 1. The Labute approximate surface area is 181 Å².